The topological polar surface area (TPSA) is 26.3 Å². The van der Waals surface area contributed by atoms with Crippen molar-refractivity contribution in [2.45, 2.75) is 33.1 Å². The number of ether oxygens (including phenoxy) is 1. The molecule has 0 aromatic rings. The van der Waals surface area contributed by atoms with Gasteiger partial charge in [-0.3, -0.25) is 4.79 Å². The maximum atomic E-state index is 11.6. The highest BCUT2D eigenvalue weighted by Gasteiger charge is 2.17. The molecule has 1 atom stereocenters. The Hall–Kier alpha value is -0.790. The first-order valence-corrected chi connectivity index (χ1v) is 4.60. The van der Waals surface area contributed by atoms with Crippen molar-refractivity contribution in [3.8, 4) is 0 Å². The zero-order chi connectivity index (χ0) is 8.97. The maximum Gasteiger partial charge on any atom is 0.164 e. The lowest BCUT2D eigenvalue weighted by atomic mass is 9.94. The van der Waals surface area contributed by atoms with Crippen molar-refractivity contribution in [1.82, 2.24) is 0 Å². The Balaban J connectivity index is 2.56. The second kappa shape index (κ2) is 4.29. The summed E-state index contributed by atoms with van der Waals surface area (Å²) in [5, 5.41) is 0. The third-order valence-electron chi connectivity index (χ3n) is 2.31. The van der Waals surface area contributed by atoms with Crippen LogP contribution in [0.4, 0.5) is 0 Å². The summed E-state index contributed by atoms with van der Waals surface area (Å²) in [6.45, 7) is 4.77. The third kappa shape index (κ3) is 2.10. The van der Waals surface area contributed by atoms with Crippen molar-refractivity contribution in [2.75, 3.05) is 6.61 Å². The summed E-state index contributed by atoms with van der Waals surface area (Å²) in [6.07, 6.45) is 4.42. The molecule has 0 spiro atoms. The third-order valence-corrected chi connectivity index (χ3v) is 2.31. The zero-order valence-corrected chi connectivity index (χ0v) is 7.80. The van der Waals surface area contributed by atoms with Crippen LogP contribution in [0, 0.1) is 5.92 Å². The Morgan fingerprint density at radius 3 is 3.00 bits per heavy atom. The molecular formula is C10H16O2. The van der Waals surface area contributed by atoms with Crippen molar-refractivity contribution >= 4 is 5.78 Å². The van der Waals surface area contributed by atoms with Crippen LogP contribution in [0.3, 0.4) is 0 Å². The zero-order valence-electron chi connectivity index (χ0n) is 7.80. The van der Waals surface area contributed by atoms with E-state index in [0.29, 0.717) is 0 Å². The molecule has 0 saturated heterocycles. The summed E-state index contributed by atoms with van der Waals surface area (Å²) in [7, 11) is 0. The van der Waals surface area contributed by atoms with Gasteiger partial charge in [0, 0.05) is 11.5 Å². The summed E-state index contributed by atoms with van der Waals surface area (Å²) in [5.41, 5.74) is 0.871. The van der Waals surface area contributed by atoms with Gasteiger partial charge < -0.3 is 4.74 Å². The summed E-state index contributed by atoms with van der Waals surface area (Å²) in [4.78, 5) is 11.6. The highest BCUT2D eigenvalue weighted by Crippen LogP contribution is 2.18. The number of ketones is 1. The molecule has 68 valence electrons. The van der Waals surface area contributed by atoms with Crippen LogP contribution in [0.5, 0.6) is 0 Å². The normalized spacial score (nSPS) is 19.3. The van der Waals surface area contributed by atoms with E-state index in [1.54, 1.807) is 6.26 Å². The molecule has 0 N–H and O–H groups in total. The van der Waals surface area contributed by atoms with E-state index < -0.39 is 0 Å². The molecule has 0 bridgehead atoms. The number of allylic oxidation sites excluding steroid dienone is 1. The quantitative estimate of drug-likeness (QED) is 0.646. The predicted octanol–water partition coefficient (Wildman–Crippen LogP) is 2.30. The Bertz CT molecular complexity index is 194. The van der Waals surface area contributed by atoms with Gasteiger partial charge in [0.25, 0.3) is 0 Å². The van der Waals surface area contributed by atoms with Gasteiger partial charge in [0.05, 0.1) is 12.9 Å². The number of hydrogen-bond donors (Lipinski definition) is 0. The summed E-state index contributed by atoms with van der Waals surface area (Å²) >= 11 is 0. The fraction of sp³-hybridized carbons (Fsp3) is 0.700. The van der Waals surface area contributed by atoms with Crippen LogP contribution in [-0.2, 0) is 9.53 Å². The average Bonchev–Trinajstić information content (AvgIpc) is 2.17. The second-order valence-electron chi connectivity index (χ2n) is 3.29. The highest BCUT2D eigenvalue weighted by molar-refractivity contribution is 5.96. The summed E-state index contributed by atoms with van der Waals surface area (Å²) in [6, 6.07) is 0. The van der Waals surface area contributed by atoms with Gasteiger partial charge in [0.1, 0.15) is 0 Å². The molecule has 12 heavy (non-hydrogen) atoms. The van der Waals surface area contributed by atoms with E-state index in [1.165, 1.54) is 0 Å². The van der Waals surface area contributed by atoms with E-state index in [2.05, 4.69) is 0 Å². The van der Waals surface area contributed by atoms with E-state index >= 15 is 0 Å². The molecule has 0 aromatic carbocycles. The number of carbonyl (C=O) groups excluding carboxylic acids is 1. The molecule has 2 heteroatoms. The molecule has 0 amide bonds. The number of hydrogen-bond acceptors (Lipinski definition) is 2. The van der Waals surface area contributed by atoms with Gasteiger partial charge in [-0.1, -0.05) is 13.8 Å². The van der Waals surface area contributed by atoms with Crippen LogP contribution in [-0.4, -0.2) is 12.4 Å². The monoisotopic (exact) mass is 168 g/mol. The minimum atomic E-state index is 0.151. The molecule has 0 fully saturated rings. The van der Waals surface area contributed by atoms with Crippen LogP contribution >= 0.6 is 0 Å². The Morgan fingerprint density at radius 2 is 2.50 bits per heavy atom. The van der Waals surface area contributed by atoms with E-state index in [1.807, 2.05) is 13.8 Å². The Morgan fingerprint density at radius 1 is 1.75 bits per heavy atom. The molecular weight excluding hydrogens is 152 g/mol. The van der Waals surface area contributed by atoms with E-state index in [4.69, 9.17) is 4.74 Å². The first-order valence-electron chi connectivity index (χ1n) is 4.60. The van der Waals surface area contributed by atoms with Gasteiger partial charge in [-0.05, 0) is 19.3 Å². The van der Waals surface area contributed by atoms with Gasteiger partial charge in [0.15, 0.2) is 5.78 Å². The minimum absolute atomic E-state index is 0.151. The predicted molar refractivity (Wildman–Crippen MR) is 47.7 cm³/mol. The van der Waals surface area contributed by atoms with Crippen molar-refractivity contribution in [3.05, 3.63) is 11.8 Å². The van der Waals surface area contributed by atoms with Gasteiger partial charge in [-0.15, -0.1) is 0 Å². The highest BCUT2D eigenvalue weighted by atomic mass is 16.5. The second-order valence-corrected chi connectivity index (χ2v) is 3.29. The van der Waals surface area contributed by atoms with Gasteiger partial charge in [-0.2, -0.15) is 0 Å². The molecule has 2 nitrogen and oxygen atoms in total. The first kappa shape index (κ1) is 9.30. The van der Waals surface area contributed by atoms with Crippen molar-refractivity contribution in [1.29, 1.82) is 0 Å². The smallest absolute Gasteiger partial charge is 0.164 e. The molecule has 1 unspecified atom stereocenters. The maximum absolute atomic E-state index is 11.6. The number of carbonyl (C=O) groups is 1. The fourth-order valence-electron chi connectivity index (χ4n) is 1.25. The van der Waals surface area contributed by atoms with E-state index in [9.17, 15) is 4.79 Å². The van der Waals surface area contributed by atoms with Gasteiger partial charge in [0.2, 0.25) is 0 Å². The molecule has 0 radical (unpaired) electrons. The molecule has 1 rings (SSSR count). The lowest BCUT2D eigenvalue weighted by molar-refractivity contribution is -0.119. The molecule has 1 aliphatic rings. The van der Waals surface area contributed by atoms with Crippen LogP contribution in [0.1, 0.15) is 33.1 Å². The SMILES string of the molecule is CCC(C)C(=O)C1=COCCC1. The minimum Gasteiger partial charge on any atom is -0.501 e. The van der Waals surface area contributed by atoms with Crippen LogP contribution in [0.15, 0.2) is 11.8 Å². The summed E-state index contributed by atoms with van der Waals surface area (Å²) in [5.74, 6) is 0.412. The number of Topliss-reactive ketones (excluding diaryl/α,β-unsaturated/α-hetero) is 1. The lowest BCUT2D eigenvalue weighted by Gasteiger charge is -2.15. The first-order chi connectivity index (χ1) is 5.75. The number of rotatable bonds is 3. The standard InChI is InChI=1S/C10H16O2/c1-3-8(2)10(11)9-5-4-6-12-7-9/h7-8H,3-6H2,1-2H3. The molecule has 1 aliphatic heterocycles. The van der Waals surface area contributed by atoms with Crippen LogP contribution in [0.2, 0.25) is 0 Å². The van der Waals surface area contributed by atoms with Gasteiger partial charge >= 0.3 is 0 Å². The largest absolute Gasteiger partial charge is 0.501 e. The Kier molecular flexibility index (Phi) is 3.32. The molecule has 0 aliphatic carbocycles. The van der Waals surface area contributed by atoms with Crippen LogP contribution in [0.25, 0.3) is 0 Å². The van der Waals surface area contributed by atoms with Crippen LogP contribution < -0.4 is 0 Å². The summed E-state index contributed by atoms with van der Waals surface area (Å²) < 4.78 is 5.12. The van der Waals surface area contributed by atoms with E-state index in [-0.39, 0.29) is 11.7 Å². The molecule has 0 saturated carbocycles. The van der Waals surface area contributed by atoms with E-state index in [0.717, 1.165) is 31.4 Å². The fourth-order valence-corrected chi connectivity index (χ4v) is 1.25. The van der Waals surface area contributed by atoms with Gasteiger partial charge in [-0.25, -0.2) is 0 Å². The molecule has 1 heterocycles. The lowest BCUT2D eigenvalue weighted by Crippen LogP contribution is -2.15. The Labute approximate surface area is 73.6 Å². The van der Waals surface area contributed by atoms with Crippen molar-refractivity contribution in [2.24, 2.45) is 5.92 Å². The van der Waals surface area contributed by atoms with Crippen molar-refractivity contribution in [3.63, 3.8) is 0 Å². The molecule has 0 aromatic heterocycles. The average molecular weight is 168 g/mol. The van der Waals surface area contributed by atoms with Crippen molar-refractivity contribution < 1.29 is 9.53 Å².